The Labute approximate surface area is 140 Å². The Balaban J connectivity index is 1.89. The van der Waals surface area contributed by atoms with Gasteiger partial charge in [0.25, 0.3) is 0 Å². The van der Waals surface area contributed by atoms with Gasteiger partial charge in [0.05, 0.1) is 21.9 Å². The summed E-state index contributed by atoms with van der Waals surface area (Å²) in [5, 5.41) is 3.99. The minimum atomic E-state index is -4.49. The number of pyridine rings is 1. The first kappa shape index (κ1) is 17.3. The number of alkyl halides is 3. The van der Waals surface area contributed by atoms with Crippen LogP contribution < -0.4 is 5.43 Å². The number of nitrogens with zero attached hydrogens (tertiary/aromatic N) is 2. The number of aromatic nitrogens is 1. The number of hydrogen-bond donors (Lipinski definition) is 1. The van der Waals surface area contributed by atoms with Gasteiger partial charge in [0, 0.05) is 18.2 Å². The Morgan fingerprint density at radius 3 is 2.56 bits per heavy atom. The lowest BCUT2D eigenvalue weighted by Gasteiger charge is -2.18. The Morgan fingerprint density at radius 1 is 1.16 bits per heavy atom. The van der Waals surface area contributed by atoms with Crippen LogP contribution in [0.1, 0.15) is 17.5 Å². The molecule has 2 heterocycles. The zero-order valence-electron chi connectivity index (χ0n) is 12.5. The second-order valence-electron chi connectivity index (χ2n) is 5.31. The van der Waals surface area contributed by atoms with Crippen LogP contribution in [0.3, 0.4) is 0 Å². The van der Waals surface area contributed by atoms with E-state index in [0.717, 1.165) is 24.3 Å². The van der Waals surface area contributed by atoms with Crippen molar-refractivity contribution in [2.24, 2.45) is 5.10 Å². The highest BCUT2D eigenvalue weighted by atomic mass is 32.2. The summed E-state index contributed by atoms with van der Waals surface area (Å²) < 4.78 is 75.0. The molecule has 3 rings (SSSR count). The Hall–Kier alpha value is -2.49. The van der Waals surface area contributed by atoms with Gasteiger partial charge in [0.1, 0.15) is 11.6 Å². The standard InChI is InChI=1S/C15H11F4N3O2S/c16-10-2-3-13-11(7-10)12(5-6-25(13,23)24)21-22-14-4-1-9(8-20-14)15(17,18)19/h1-4,7-8H,5-6H2,(H,20,22)/b21-12+. The summed E-state index contributed by atoms with van der Waals surface area (Å²) >= 11 is 0. The molecule has 132 valence electrons. The third kappa shape index (κ3) is 3.63. The first-order chi connectivity index (χ1) is 11.7. The lowest BCUT2D eigenvalue weighted by Crippen LogP contribution is -2.23. The van der Waals surface area contributed by atoms with E-state index in [-0.39, 0.29) is 34.2 Å². The van der Waals surface area contributed by atoms with Crippen LogP contribution in [0.15, 0.2) is 46.5 Å². The Morgan fingerprint density at radius 2 is 1.92 bits per heavy atom. The molecule has 0 aliphatic carbocycles. The van der Waals surface area contributed by atoms with Crippen LogP contribution in [-0.4, -0.2) is 24.9 Å². The van der Waals surface area contributed by atoms with Crippen molar-refractivity contribution in [3.63, 3.8) is 0 Å². The number of sulfone groups is 1. The minimum Gasteiger partial charge on any atom is -0.261 e. The highest BCUT2D eigenvalue weighted by Crippen LogP contribution is 2.29. The zero-order valence-corrected chi connectivity index (χ0v) is 13.3. The first-order valence-corrected chi connectivity index (χ1v) is 8.70. The summed E-state index contributed by atoms with van der Waals surface area (Å²) in [6.45, 7) is 0. The molecule has 0 saturated carbocycles. The summed E-state index contributed by atoms with van der Waals surface area (Å²) in [6, 6.07) is 5.22. The van der Waals surface area contributed by atoms with Crippen LogP contribution in [0, 0.1) is 5.82 Å². The number of halogens is 4. The van der Waals surface area contributed by atoms with E-state index in [0.29, 0.717) is 6.20 Å². The predicted molar refractivity (Wildman–Crippen MR) is 82.5 cm³/mol. The summed E-state index contributed by atoms with van der Waals surface area (Å²) in [6.07, 6.45) is -3.79. The normalized spacial score (nSPS) is 18.0. The van der Waals surface area contributed by atoms with Gasteiger partial charge in [-0.1, -0.05) is 0 Å². The maximum atomic E-state index is 13.5. The van der Waals surface area contributed by atoms with Crippen molar-refractivity contribution < 1.29 is 26.0 Å². The van der Waals surface area contributed by atoms with Gasteiger partial charge in [-0.2, -0.15) is 18.3 Å². The maximum Gasteiger partial charge on any atom is 0.417 e. The van der Waals surface area contributed by atoms with Gasteiger partial charge in [-0.3, -0.25) is 5.43 Å². The minimum absolute atomic E-state index is 0.0268. The molecule has 1 aliphatic rings. The van der Waals surface area contributed by atoms with Gasteiger partial charge in [-0.25, -0.2) is 17.8 Å². The molecule has 0 fully saturated rings. The fraction of sp³-hybridized carbons (Fsp3) is 0.200. The molecule has 25 heavy (non-hydrogen) atoms. The van der Waals surface area contributed by atoms with Crippen LogP contribution in [0.4, 0.5) is 23.4 Å². The maximum absolute atomic E-state index is 13.5. The van der Waals surface area contributed by atoms with E-state index in [4.69, 9.17) is 0 Å². The van der Waals surface area contributed by atoms with Gasteiger partial charge in [-0.05, 0) is 30.3 Å². The van der Waals surface area contributed by atoms with Crippen molar-refractivity contribution in [2.75, 3.05) is 11.2 Å². The Kier molecular flexibility index (Phi) is 4.23. The molecule has 10 heteroatoms. The SMILES string of the molecule is O=S1(=O)CC/C(=N\Nc2ccc(C(F)(F)F)cn2)c2cc(F)ccc21. The largest absolute Gasteiger partial charge is 0.417 e. The van der Waals surface area contributed by atoms with Crippen LogP contribution >= 0.6 is 0 Å². The quantitative estimate of drug-likeness (QED) is 0.498. The molecule has 0 spiro atoms. The molecular weight excluding hydrogens is 362 g/mol. The van der Waals surface area contributed by atoms with Crippen molar-refractivity contribution in [2.45, 2.75) is 17.5 Å². The molecule has 2 aromatic rings. The Bertz CT molecular complexity index is 938. The number of benzene rings is 1. The average Bonchev–Trinajstić information content (AvgIpc) is 2.53. The molecule has 1 aromatic heterocycles. The number of hydrogen-bond acceptors (Lipinski definition) is 5. The molecule has 1 aromatic carbocycles. The topological polar surface area (TPSA) is 71.4 Å². The predicted octanol–water partition coefficient (Wildman–Crippen LogP) is 3.23. The summed E-state index contributed by atoms with van der Waals surface area (Å²) in [4.78, 5) is 3.57. The van der Waals surface area contributed by atoms with E-state index in [2.05, 4.69) is 15.5 Å². The fourth-order valence-corrected chi connectivity index (χ4v) is 3.81. The molecule has 1 aliphatic heterocycles. The van der Waals surface area contributed by atoms with Crippen molar-refractivity contribution in [3.8, 4) is 0 Å². The lowest BCUT2D eigenvalue weighted by atomic mass is 10.1. The van der Waals surface area contributed by atoms with Crippen LogP contribution in [0.2, 0.25) is 0 Å². The van der Waals surface area contributed by atoms with Crippen molar-refractivity contribution >= 4 is 21.4 Å². The summed E-state index contributed by atoms with van der Waals surface area (Å²) in [5.74, 6) is -0.754. The smallest absolute Gasteiger partial charge is 0.261 e. The first-order valence-electron chi connectivity index (χ1n) is 7.05. The van der Waals surface area contributed by atoms with E-state index in [1.54, 1.807) is 0 Å². The molecule has 5 nitrogen and oxygen atoms in total. The second-order valence-corrected chi connectivity index (χ2v) is 7.39. The van der Waals surface area contributed by atoms with E-state index in [1.807, 2.05) is 0 Å². The average molecular weight is 373 g/mol. The monoisotopic (exact) mass is 373 g/mol. The number of anilines is 1. The van der Waals surface area contributed by atoms with Crippen LogP contribution in [-0.2, 0) is 16.0 Å². The number of nitrogens with one attached hydrogen (secondary N) is 1. The van der Waals surface area contributed by atoms with Gasteiger partial charge in [0.2, 0.25) is 0 Å². The third-order valence-electron chi connectivity index (χ3n) is 3.59. The van der Waals surface area contributed by atoms with E-state index in [1.165, 1.54) is 6.07 Å². The van der Waals surface area contributed by atoms with Crippen LogP contribution in [0.5, 0.6) is 0 Å². The molecule has 0 radical (unpaired) electrons. The second kappa shape index (κ2) is 6.10. The van der Waals surface area contributed by atoms with Crippen molar-refractivity contribution in [1.29, 1.82) is 0 Å². The van der Waals surface area contributed by atoms with Gasteiger partial charge >= 0.3 is 6.18 Å². The molecule has 0 amide bonds. The van der Waals surface area contributed by atoms with Gasteiger partial charge in [-0.15, -0.1) is 0 Å². The lowest BCUT2D eigenvalue weighted by molar-refractivity contribution is -0.137. The van der Waals surface area contributed by atoms with E-state index in [9.17, 15) is 26.0 Å². The number of rotatable bonds is 2. The van der Waals surface area contributed by atoms with Gasteiger partial charge in [0.15, 0.2) is 9.84 Å². The number of fused-ring (bicyclic) bond motifs is 1. The van der Waals surface area contributed by atoms with Crippen molar-refractivity contribution in [1.82, 2.24) is 4.98 Å². The van der Waals surface area contributed by atoms with Crippen molar-refractivity contribution in [3.05, 3.63) is 53.5 Å². The van der Waals surface area contributed by atoms with Crippen LogP contribution in [0.25, 0.3) is 0 Å². The molecular formula is C15H11F4N3O2S. The highest BCUT2D eigenvalue weighted by molar-refractivity contribution is 7.91. The summed E-state index contributed by atoms with van der Waals surface area (Å²) in [7, 11) is -3.51. The zero-order chi connectivity index (χ0) is 18.2. The summed E-state index contributed by atoms with van der Waals surface area (Å²) in [5.41, 5.74) is 1.99. The number of hydrazone groups is 1. The molecule has 0 saturated heterocycles. The van der Waals surface area contributed by atoms with Gasteiger partial charge < -0.3 is 0 Å². The molecule has 1 N–H and O–H groups in total. The highest BCUT2D eigenvalue weighted by Gasteiger charge is 2.31. The molecule has 0 bridgehead atoms. The van der Waals surface area contributed by atoms with E-state index >= 15 is 0 Å². The molecule has 0 unspecified atom stereocenters. The van der Waals surface area contributed by atoms with E-state index < -0.39 is 27.4 Å². The molecule has 0 atom stereocenters. The third-order valence-corrected chi connectivity index (χ3v) is 5.36. The fourth-order valence-electron chi connectivity index (χ4n) is 2.34.